The van der Waals surface area contributed by atoms with E-state index in [-0.39, 0.29) is 11.3 Å². The molecule has 116 valence electrons. The minimum atomic E-state index is -0.286. The SMILES string of the molecule is CCCN1CCC(C)(C(=O)Nc2cccc3ccccc23)C1. The molecule has 22 heavy (non-hydrogen) atoms. The van der Waals surface area contributed by atoms with Gasteiger partial charge in [-0.05, 0) is 44.3 Å². The fourth-order valence-electron chi connectivity index (χ4n) is 3.36. The normalized spacial score (nSPS) is 22.1. The molecule has 3 heteroatoms. The van der Waals surface area contributed by atoms with Gasteiger partial charge in [0.25, 0.3) is 0 Å². The first-order valence-corrected chi connectivity index (χ1v) is 8.14. The highest BCUT2D eigenvalue weighted by molar-refractivity contribution is 6.04. The number of likely N-dealkylation sites (tertiary alicyclic amines) is 1. The molecular weight excluding hydrogens is 272 g/mol. The number of nitrogens with zero attached hydrogens (tertiary/aromatic N) is 1. The zero-order valence-corrected chi connectivity index (χ0v) is 13.4. The predicted octanol–water partition coefficient (Wildman–Crippen LogP) is 3.90. The lowest BCUT2D eigenvalue weighted by atomic mass is 9.88. The van der Waals surface area contributed by atoms with Crippen LogP contribution in [-0.2, 0) is 4.79 Å². The van der Waals surface area contributed by atoms with Gasteiger partial charge in [0.05, 0.1) is 5.41 Å². The molecule has 1 atom stereocenters. The Hall–Kier alpha value is -1.87. The summed E-state index contributed by atoms with van der Waals surface area (Å²) in [5, 5.41) is 5.42. The van der Waals surface area contributed by atoms with Gasteiger partial charge < -0.3 is 10.2 Å². The standard InChI is InChI=1S/C19H24N2O/c1-3-12-21-13-11-19(2,14-21)18(22)20-17-10-6-8-15-7-4-5-9-16(15)17/h4-10H,3,11-14H2,1-2H3,(H,20,22). The van der Waals surface area contributed by atoms with E-state index < -0.39 is 0 Å². The Morgan fingerprint density at radius 3 is 2.82 bits per heavy atom. The Kier molecular flexibility index (Phi) is 4.16. The summed E-state index contributed by atoms with van der Waals surface area (Å²) in [5.74, 6) is 0.141. The van der Waals surface area contributed by atoms with E-state index in [4.69, 9.17) is 0 Å². The first kappa shape index (κ1) is 15.0. The summed E-state index contributed by atoms with van der Waals surface area (Å²) in [5.41, 5.74) is 0.629. The van der Waals surface area contributed by atoms with Gasteiger partial charge in [0.1, 0.15) is 0 Å². The smallest absolute Gasteiger partial charge is 0.231 e. The van der Waals surface area contributed by atoms with E-state index in [0.29, 0.717) is 0 Å². The fourth-order valence-corrected chi connectivity index (χ4v) is 3.36. The molecule has 1 N–H and O–H groups in total. The van der Waals surface area contributed by atoms with Gasteiger partial charge in [-0.3, -0.25) is 4.79 Å². The van der Waals surface area contributed by atoms with Crippen molar-refractivity contribution in [1.29, 1.82) is 0 Å². The zero-order chi connectivity index (χ0) is 15.6. The van der Waals surface area contributed by atoms with Crippen LogP contribution in [0.25, 0.3) is 10.8 Å². The first-order chi connectivity index (χ1) is 10.6. The molecule has 1 heterocycles. The van der Waals surface area contributed by atoms with Crippen LogP contribution in [0.15, 0.2) is 42.5 Å². The molecule has 1 amide bonds. The minimum absolute atomic E-state index is 0.141. The number of carbonyl (C=O) groups is 1. The molecule has 3 nitrogen and oxygen atoms in total. The zero-order valence-electron chi connectivity index (χ0n) is 13.4. The van der Waals surface area contributed by atoms with Crippen LogP contribution in [0.4, 0.5) is 5.69 Å². The quantitative estimate of drug-likeness (QED) is 0.928. The molecule has 0 radical (unpaired) electrons. The molecular formula is C19H24N2O. The monoisotopic (exact) mass is 296 g/mol. The van der Waals surface area contributed by atoms with Crippen LogP contribution in [0, 0.1) is 5.41 Å². The molecule has 1 fully saturated rings. The predicted molar refractivity (Wildman–Crippen MR) is 92.0 cm³/mol. The third-order valence-electron chi connectivity index (χ3n) is 4.68. The van der Waals surface area contributed by atoms with Gasteiger partial charge in [-0.1, -0.05) is 43.3 Å². The Morgan fingerprint density at radius 1 is 1.23 bits per heavy atom. The lowest BCUT2D eigenvalue weighted by molar-refractivity contribution is -0.124. The topological polar surface area (TPSA) is 32.3 Å². The van der Waals surface area contributed by atoms with Crippen LogP contribution >= 0.6 is 0 Å². The molecule has 0 aromatic heterocycles. The van der Waals surface area contributed by atoms with E-state index in [1.54, 1.807) is 0 Å². The van der Waals surface area contributed by atoms with E-state index in [0.717, 1.165) is 48.9 Å². The van der Waals surface area contributed by atoms with Gasteiger partial charge in [0.2, 0.25) is 5.91 Å². The maximum atomic E-state index is 12.8. The molecule has 0 saturated carbocycles. The highest BCUT2D eigenvalue weighted by Crippen LogP contribution is 2.32. The molecule has 3 rings (SSSR count). The molecule has 0 bridgehead atoms. The van der Waals surface area contributed by atoms with E-state index in [1.165, 1.54) is 0 Å². The van der Waals surface area contributed by atoms with Crippen molar-refractivity contribution >= 4 is 22.4 Å². The van der Waals surface area contributed by atoms with Gasteiger partial charge in [-0.25, -0.2) is 0 Å². The van der Waals surface area contributed by atoms with Crippen molar-refractivity contribution in [2.45, 2.75) is 26.7 Å². The van der Waals surface area contributed by atoms with Gasteiger partial charge >= 0.3 is 0 Å². The first-order valence-electron chi connectivity index (χ1n) is 8.14. The van der Waals surface area contributed by atoms with Crippen LogP contribution < -0.4 is 5.32 Å². The molecule has 0 spiro atoms. The number of anilines is 1. The minimum Gasteiger partial charge on any atom is -0.325 e. The van der Waals surface area contributed by atoms with E-state index in [2.05, 4.69) is 42.3 Å². The average molecular weight is 296 g/mol. The van der Waals surface area contributed by atoms with E-state index in [9.17, 15) is 4.79 Å². The lowest BCUT2D eigenvalue weighted by Crippen LogP contribution is -2.36. The summed E-state index contributed by atoms with van der Waals surface area (Å²) in [6.07, 6.45) is 2.07. The van der Waals surface area contributed by atoms with Crippen molar-refractivity contribution in [3.63, 3.8) is 0 Å². The largest absolute Gasteiger partial charge is 0.325 e. The van der Waals surface area contributed by atoms with Crippen LogP contribution in [-0.4, -0.2) is 30.4 Å². The molecule has 0 aliphatic carbocycles. The Balaban J connectivity index is 1.79. The molecule has 1 saturated heterocycles. The Labute approximate surface area is 132 Å². The van der Waals surface area contributed by atoms with Crippen LogP contribution in [0.1, 0.15) is 26.7 Å². The molecule has 1 aliphatic heterocycles. The third kappa shape index (κ3) is 2.86. The highest BCUT2D eigenvalue weighted by Gasteiger charge is 2.40. The number of hydrogen-bond acceptors (Lipinski definition) is 2. The maximum Gasteiger partial charge on any atom is 0.231 e. The van der Waals surface area contributed by atoms with Gasteiger partial charge in [0, 0.05) is 17.6 Å². The van der Waals surface area contributed by atoms with E-state index in [1.807, 2.05) is 24.3 Å². The second-order valence-electron chi connectivity index (χ2n) is 6.57. The van der Waals surface area contributed by atoms with Crippen molar-refractivity contribution in [2.24, 2.45) is 5.41 Å². The maximum absolute atomic E-state index is 12.8. The number of rotatable bonds is 4. The second kappa shape index (κ2) is 6.09. The van der Waals surface area contributed by atoms with Crippen LogP contribution in [0.2, 0.25) is 0 Å². The summed E-state index contributed by atoms with van der Waals surface area (Å²) in [7, 11) is 0. The fraction of sp³-hybridized carbons (Fsp3) is 0.421. The van der Waals surface area contributed by atoms with Crippen LogP contribution in [0.3, 0.4) is 0 Å². The lowest BCUT2D eigenvalue weighted by Gasteiger charge is -2.24. The van der Waals surface area contributed by atoms with E-state index >= 15 is 0 Å². The van der Waals surface area contributed by atoms with Crippen molar-refractivity contribution in [3.8, 4) is 0 Å². The number of carbonyl (C=O) groups excluding carboxylic acids is 1. The molecule has 1 unspecified atom stereocenters. The number of hydrogen-bond donors (Lipinski definition) is 1. The molecule has 2 aromatic carbocycles. The number of fused-ring (bicyclic) bond motifs is 1. The summed E-state index contributed by atoms with van der Waals surface area (Å²) in [6.45, 7) is 7.23. The summed E-state index contributed by atoms with van der Waals surface area (Å²) in [4.78, 5) is 15.2. The highest BCUT2D eigenvalue weighted by atomic mass is 16.2. The van der Waals surface area contributed by atoms with Crippen molar-refractivity contribution < 1.29 is 4.79 Å². The summed E-state index contributed by atoms with van der Waals surface area (Å²) in [6, 6.07) is 14.2. The average Bonchev–Trinajstić information content (AvgIpc) is 2.91. The third-order valence-corrected chi connectivity index (χ3v) is 4.68. The molecule has 1 aliphatic rings. The van der Waals surface area contributed by atoms with Crippen molar-refractivity contribution in [1.82, 2.24) is 4.90 Å². The number of amides is 1. The summed E-state index contributed by atoms with van der Waals surface area (Å²) < 4.78 is 0. The van der Waals surface area contributed by atoms with Gasteiger partial charge in [-0.2, -0.15) is 0 Å². The Bertz CT molecular complexity index is 677. The van der Waals surface area contributed by atoms with Gasteiger partial charge in [0.15, 0.2) is 0 Å². The van der Waals surface area contributed by atoms with Crippen molar-refractivity contribution in [2.75, 3.05) is 25.0 Å². The van der Waals surface area contributed by atoms with Crippen LogP contribution in [0.5, 0.6) is 0 Å². The number of nitrogens with one attached hydrogen (secondary N) is 1. The van der Waals surface area contributed by atoms with Gasteiger partial charge in [-0.15, -0.1) is 0 Å². The molecule has 2 aromatic rings. The Morgan fingerprint density at radius 2 is 2.00 bits per heavy atom. The summed E-state index contributed by atoms with van der Waals surface area (Å²) >= 11 is 0. The second-order valence-corrected chi connectivity index (χ2v) is 6.57. The van der Waals surface area contributed by atoms with Crippen molar-refractivity contribution in [3.05, 3.63) is 42.5 Å². The number of benzene rings is 2.